The third-order valence-electron chi connectivity index (χ3n) is 5.30. The molecule has 0 radical (unpaired) electrons. The highest BCUT2D eigenvalue weighted by atomic mass is 16.6. The quantitative estimate of drug-likeness (QED) is 0.345. The van der Waals surface area contributed by atoms with Crippen molar-refractivity contribution in [1.82, 2.24) is 4.57 Å². The van der Waals surface area contributed by atoms with Gasteiger partial charge in [0.1, 0.15) is 11.4 Å². The van der Waals surface area contributed by atoms with Crippen LogP contribution in [0.15, 0.2) is 23.0 Å². The van der Waals surface area contributed by atoms with Gasteiger partial charge >= 0.3 is 6.09 Å². The molecule has 0 saturated carbocycles. The smallest absolute Gasteiger partial charge is 0.415 e. The summed E-state index contributed by atoms with van der Waals surface area (Å²) in [7, 11) is 1.63. The normalized spacial score (nSPS) is 12.0. The van der Waals surface area contributed by atoms with Gasteiger partial charge in [-0.3, -0.25) is 14.3 Å². The van der Waals surface area contributed by atoms with Gasteiger partial charge in [0.25, 0.3) is 5.56 Å². The summed E-state index contributed by atoms with van der Waals surface area (Å²) in [5.74, 6) is 1.56. The van der Waals surface area contributed by atoms with E-state index in [2.05, 4.69) is 34.6 Å². The molecule has 0 saturated heterocycles. The second-order valence-electron chi connectivity index (χ2n) is 11.3. The summed E-state index contributed by atoms with van der Waals surface area (Å²) < 4.78 is 19.5. The maximum absolute atomic E-state index is 13.9. The lowest BCUT2D eigenvalue weighted by Crippen LogP contribution is -2.39. The van der Waals surface area contributed by atoms with Crippen LogP contribution in [0.3, 0.4) is 0 Å². The van der Waals surface area contributed by atoms with Gasteiger partial charge in [-0.15, -0.1) is 0 Å². The van der Waals surface area contributed by atoms with Crippen LogP contribution < -0.4 is 19.9 Å². The largest absolute Gasteiger partial charge is 0.494 e. The minimum absolute atomic E-state index is 0.191. The van der Waals surface area contributed by atoms with Crippen LogP contribution >= 0.6 is 0 Å². The number of anilines is 1. The van der Waals surface area contributed by atoms with E-state index >= 15 is 0 Å². The number of carbonyl (C=O) groups excluding carboxylic acids is 1. The van der Waals surface area contributed by atoms with E-state index in [1.807, 2.05) is 32.9 Å². The van der Waals surface area contributed by atoms with E-state index in [4.69, 9.17) is 14.2 Å². The number of pyridine rings is 1. The summed E-state index contributed by atoms with van der Waals surface area (Å²) in [4.78, 5) is 28.4. The highest BCUT2D eigenvalue weighted by Crippen LogP contribution is 2.37. The Kier molecular flexibility index (Phi) is 9.64. The molecule has 0 spiro atoms. The summed E-state index contributed by atoms with van der Waals surface area (Å²) in [6, 6.07) is 5.50. The maximum Gasteiger partial charge on any atom is 0.415 e. The van der Waals surface area contributed by atoms with E-state index < -0.39 is 11.7 Å². The second-order valence-corrected chi connectivity index (χ2v) is 11.3. The van der Waals surface area contributed by atoms with Crippen molar-refractivity contribution in [2.75, 3.05) is 25.2 Å². The highest BCUT2D eigenvalue weighted by Gasteiger charge is 2.29. The molecule has 2 rings (SSSR count). The van der Waals surface area contributed by atoms with E-state index in [0.717, 1.165) is 25.7 Å². The van der Waals surface area contributed by atoms with Gasteiger partial charge in [0.15, 0.2) is 11.6 Å². The zero-order chi connectivity index (χ0) is 26.4. The first-order valence-corrected chi connectivity index (χ1v) is 12.7. The van der Waals surface area contributed by atoms with Crippen LogP contribution in [-0.2, 0) is 11.3 Å². The van der Waals surface area contributed by atoms with E-state index in [9.17, 15) is 9.59 Å². The summed E-state index contributed by atoms with van der Waals surface area (Å²) in [6.45, 7) is 17.3. The Labute approximate surface area is 210 Å². The van der Waals surface area contributed by atoms with Crippen LogP contribution in [0, 0.1) is 5.41 Å². The summed E-state index contributed by atoms with van der Waals surface area (Å²) >= 11 is 0. The molecule has 2 aromatic rings. The van der Waals surface area contributed by atoms with Crippen molar-refractivity contribution >= 4 is 22.7 Å². The Morgan fingerprint density at radius 1 is 0.943 bits per heavy atom. The van der Waals surface area contributed by atoms with Gasteiger partial charge in [-0.05, 0) is 57.2 Å². The number of unbranched alkanes of at least 4 members (excludes halogenated alkanes) is 2. The van der Waals surface area contributed by atoms with Gasteiger partial charge in [-0.25, -0.2) is 4.79 Å². The molecular weight excluding hydrogens is 444 g/mol. The number of nitrogens with zero attached hydrogens (tertiary/aromatic N) is 2. The van der Waals surface area contributed by atoms with Gasteiger partial charge in [0.2, 0.25) is 0 Å². The third kappa shape index (κ3) is 7.91. The number of fused-ring (bicyclic) bond motifs is 1. The molecule has 1 heterocycles. The lowest BCUT2D eigenvalue weighted by atomic mass is 9.96. The molecule has 0 fully saturated rings. The molecule has 0 unspecified atom stereocenters. The van der Waals surface area contributed by atoms with Gasteiger partial charge in [-0.1, -0.05) is 47.5 Å². The fourth-order valence-corrected chi connectivity index (χ4v) is 3.64. The average molecular weight is 489 g/mol. The standard InChI is InChI=1S/C28H44N2O5/c1-10-12-16-33-20-14-15-21-22(18-20)25(31)30(19-27(3,4)5)24(23(21)34-17-13-11-2)29(9)26(32)35-28(6,7)8/h14-15,18H,10-13,16-17,19H2,1-9H3. The lowest BCUT2D eigenvalue weighted by molar-refractivity contribution is 0.0585. The fourth-order valence-electron chi connectivity index (χ4n) is 3.64. The van der Waals surface area contributed by atoms with Gasteiger partial charge in [-0.2, -0.15) is 0 Å². The van der Waals surface area contributed by atoms with Crippen LogP contribution in [0.25, 0.3) is 10.8 Å². The predicted octanol–water partition coefficient (Wildman–Crippen LogP) is 6.78. The van der Waals surface area contributed by atoms with Gasteiger partial charge < -0.3 is 14.2 Å². The Bertz CT molecular complexity index is 1060. The molecule has 0 aliphatic carbocycles. The number of rotatable bonds is 10. The fraction of sp³-hybridized carbons (Fsp3) is 0.643. The molecule has 1 aromatic heterocycles. The Hall–Kier alpha value is -2.70. The molecule has 1 aromatic carbocycles. The van der Waals surface area contributed by atoms with E-state index in [1.165, 1.54) is 4.90 Å². The highest BCUT2D eigenvalue weighted by molar-refractivity contribution is 5.97. The Balaban J connectivity index is 2.80. The molecule has 1 amide bonds. The molecule has 0 bridgehead atoms. The summed E-state index contributed by atoms with van der Waals surface area (Å²) in [6.07, 6.45) is 3.25. The van der Waals surface area contributed by atoms with Crippen LogP contribution in [-0.4, -0.2) is 36.5 Å². The number of hydrogen-bond donors (Lipinski definition) is 0. The molecule has 7 nitrogen and oxygen atoms in total. The lowest BCUT2D eigenvalue weighted by Gasteiger charge is -2.30. The Morgan fingerprint density at radius 2 is 1.54 bits per heavy atom. The van der Waals surface area contributed by atoms with Gasteiger partial charge in [0, 0.05) is 19.0 Å². The van der Waals surface area contributed by atoms with Crippen LogP contribution in [0.1, 0.15) is 81.1 Å². The molecule has 7 heteroatoms. The van der Waals surface area contributed by atoms with Crippen molar-refractivity contribution in [2.24, 2.45) is 5.41 Å². The average Bonchev–Trinajstić information content (AvgIpc) is 2.74. The number of hydrogen-bond acceptors (Lipinski definition) is 5. The molecule has 0 aliphatic heterocycles. The summed E-state index contributed by atoms with van der Waals surface area (Å²) in [5.41, 5.74) is -1.09. The number of amides is 1. The third-order valence-corrected chi connectivity index (χ3v) is 5.30. The zero-order valence-corrected chi connectivity index (χ0v) is 23.1. The minimum atomic E-state index is -0.675. The van der Waals surface area contributed by atoms with E-state index in [0.29, 0.717) is 47.8 Å². The molecular formula is C28H44N2O5. The number of ether oxygens (including phenoxy) is 3. The first-order chi connectivity index (χ1) is 16.3. The first-order valence-electron chi connectivity index (χ1n) is 12.7. The first kappa shape index (κ1) is 28.5. The monoisotopic (exact) mass is 488 g/mol. The Morgan fingerprint density at radius 3 is 2.09 bits per heavy atom. The number of carbonyl (C=O) groups is 1. The van der Waals surface area contributed by atoms with Crippen molar-refractivity contribution in [1.29, 1.82) is 0 Å². The zero-order valence-electron chi connectivity index (χ0n) is 23.1. The van der Waals surface area contributed by atoms with Gasteiger partial charge in [0.05, 0.1) is 18.6 Å². The van der Waals surface area contributed by atoms with Crippen molar-refractivity contribution < 1.29 is 19.0 Å². The molecule has 0 aliphatic rings. The van der Waals surface area contributed by atoms with Crippen molar-refractivity contribution in [3.63, 3.8) is 0 Å². The van der Waals surface area contributed by atoms with E-state index in [1.54, 1.807) is 17.7 Å². The molecule has 0 N–H and O–H groups in total. The number of benzene rings is 1. The van der Waals surface area contributed by atoms with Crippen molar-refractivity contribution in [3.8, 4) is 11.5 Å². The SMILES string of the molecule is CCCCOc1ccc2c(OCCCC)c(N(C)C(=O)OC(C)(C)C)n(CC(C)(C)C)c(=O)c2c1. The molecule has 35 heavy (non-hydrogen) atoms. The van der Waals surface area contributed by atoms with Crippen LogP contribution in [0.4, 0.5) is 10.6 Å². The van der Waals surface area contributed by atoms with Crippen LogP contribution in [0.5, 0.6) is 11.5 Å². The van der Waals surface area contributed by atoms with Crippen molar-refractivity contribution in [2.45, 2.75) is 93.2 Å². The topological polar surface area (TPSA) is 70.0 Å². The minimum Gasteiger partial charge on any atom is -0.494 e. The van der Waals surface area contributed by atoms with E-state index in [-0.39, 0.29) is 11.0 Å². The second kappa shape index (κ2) is 11.8. The summed E-state index contributed by atoms with van der Waals surface area (Å²) in [5, 5.41) is 1.17. The predicted molar refractivity (Wildman–Crippen MR) is 143 cm³/mol. The van der Waals surface area contributed by atoms with Crippen LogP contribution in [0.2, 0.25) is 0 Å². The number of aromatic nitrogens is 1. The maximum atomic E-state index is 13.9. The molecule has 196 valence electrons. The molecule has 0 atom stereocenters. The van der Waals surface area contributed by atoms with Crippen molar-refractivity contribution in [3.05, 3.63) is 28.6 Å².